The largest absolute Gasteiger partial charge is 1.00 e. The Kier molecular flexibility index (Phi) is 13.0. The van der Waals surface area contributed by atoms with E-state index in [4.69, 9.17) is 17.5 Å². The van der Waals surface area contributed by atoms with Gasteiger partial charge in [-0.2, -0.15) is 101 Å². The van der Waals surface area contributed by atoms with E-state index in [1.165, 1.54) is 0 Å². The van der Waals surface area contributed by atoms with Crippen molar-refractivity contribution in [1.29, 1.82) is 0 Å². The molecule has 0 unspecified atom stereocenters. The molecular formula is C12H2F25NaO4S. The van der Waals surface area contributed by atoms with Crippen LogP contribution in [0.5, 0.6) is 0 Å². The summed E-state index contributed by atoms with van der Waals surface area (Å²) < 4.78 is 351. The topological polar surface area (TPSA) is 74.6 Å². The van der Waals surface area contributed by atoms with Gasteiger partial charge in [0, 0.05) is 0 Å². The Morgan fingerprint density at radius 2 is 0.512 bits per heavy atom. The molecule has 0 fully saturated rings. The summed E-state index contributed by atoms with van der Waals surface area (Å²) in [6, 6.07) is 0. The van der Waals surface area contributed by atoms with Crippen LogP contribution >= 0.6 is 0 Å². The van der Waals surface area contributed by atoms with E-state index in [-0.39, 0.29) is 29.6 Å². The Hall–Kier alpha value is -0.880. The van der Waals surface area contributed by atoms with Crippen molar-refractivity contribution in [1.82, 2.24) is 0 Å². The summed E-state index contributed by atoms with van der Waals surface area (Å²) in [5, 5.41) is 0. The van der Waals surface area contributed by atoms with Crippen molar-refractivity contribution in [2.45, 2.75) is 65.4 Å². The van der Waals surface area contributed by atoms with E-state index >= 15 is 0 Å². The molecule has 256 valence electrons. The minimum Gasteiger partial charge on any atom is -0.415 e. The van der Waals surface area contributed by atoms with Crippen molar-refractivity contribution in [3.63, 3.8) is 0 Å². The molecule has 0 aromatic heterocycles. The second kappa shape index (κ2) is 12.0. The molecule has 0 saturated carbocycles. The van der Waals surface area contributed by atoms with Crippen LogP contribution in [0.15, 0.2) is 0 Å². The van der Waals surface area contributed by atoms with E-state index in [1.807, 2.05) is 0 Å². The van der Waals surface area contributed by atoms with Crippen LogP contribution < -0.4 is 29.6 Å². The van der Waals surface area contributed by atoms with Gasteiger partial charge in [0.1, 0.15) is 0 Å². The van der Waals surface area contributed by atoms with Gasteiger partial charge in [0.15, 0.2) is 0 Å². The maximum atomic E-state index is 13.3. The Morgan fingerprint density at radius 3 is 0.651 bits per heavy atom. The smallest absolute Gasteiger partial charge is 0.415 e. The Bertz CT molecular complexity index is 1050. The van der Waals surface area contributed by atoms with E-state index in [0.29, 0.717) is 0 Å². The van der Waals surface area contributed by atoms with Crippen molar-refractivity contribution in [3.8, 4) is 0 Å². The third-order valence-corrected chi connectivity index (χ3v) is 4.14. The first-order chi connectivity index (χ1) is 17.4. The maximum absolute atomic E-state index is 13.3. The van der Waals surface area contributed by atoms with Gasteiger partial charge in [0.2, 0.25) is 0 Å². The van der Waals surface area contributed by atoms with Crippen LogP contribution in [0.3, 0.4) is 0 Å². The van der Waals surface area contributed by atoms with Crippen LogP contribution in [0.1, 0.15) is 0 Å². The Balaban J connectivity index is -0.00000244. The molecule has 4 nitrogen and oxygen atoms in total. The molecule has 0 heterocycles. The molecule has 0 aromatic rings. The van der Waals surface area contributed by atoms with Gasteiger partial charge < -0.3 is 8.78 Å². The average molecular weight is 740 g/mol. The number of hydrogen-bond donors (Lipinski definition) is 2. The SMILES string of the molecule is F[C-](F)C(F)(F)C(F)(F)C(F)(F)C(F)(F)C(F)(F)C(F)(F)C(F)(F)C(F)(F)C(F)(F)C(F)(F)C(F)(F)F.O=S(=O)(O)O.[Na+]. The van der Waals surface area contributed by atoms with Gasteiger partial charge >= 0.3 is 99.4 Å². The van der Waals surface area contributed by atoms with Crippen LogP contribution in [0, 0.1) is 6.43 Å². The predicted octanol–water partition coefficient (Wildman–Crippen LogP) is 4.68. The van der Waals surface area contributed by atoms with Crippen molar-refractivity contribution < 1.29 is 157 Å². The zero-order valence-electron chi connectivity index (χ0n) is 18.6. The van der Waals surface area contributed by atoms with Gasteiger partial charge in [-0.05, 0) is 0 Å². The maximum Gasteiger partial charge on any atom is 1.00 e. The third-order valence-electron chi connectivity index (χ3n) is 4.14. The molecule has 0 saturated heterocycles. The molecule has 31 heteroatoms. The molecule has 0 amide bonds. The summed E-state index contributed by atoms with van der Waals surface area (Å²) in [6.45, 7) is 0. The number of hydrogen-bond acceptors (Lipinski definition) is 2. The summed E-state index contributed by atoms with van der Waals surface area (Å²) >= 11 is 0. The molecule has 0 aliphatic heterocycles. The number of alkyl halides is 23. The van der Waals surface area contributed by atoms with Crippen LogP contribution in [-0.2, 0) is 10.4 Å². The standard InChI is InChI=1S/C12F25.Na.H2O4S/c13-1(14)2(15,16)3(17,18)4(19,20)5(21,22)6(23,24)7(25,26)8(27,28)9(29,30)10(31,32)11(33,34)12(35,36)37;;1-5(2,3)4/h;;(H2,1,2,3,4)/q-1;+1;. The molecule has 2 N–H and O–H groups in total. The van der Waals surface area contributed by atoms with E-state index in [0.717, 1.165) is 0 Å². The summed E-state index contributed by atoms with van der Waals surface area (Å²) in [4.78, 5) is 0. The molecule has 0 aliphatic carbocycles. The summed E-state index contributed by atoms with van der Waals surface area (Å²) in [5.74, 6) is -90.9. The van der Waals surface area contributed by atoms with Crippen molar-refractivity contribution in [3.05, 3.63) is 6.43 Å². The molecule has 0 spiro atoms. The van der Waals surface area contributed by atoms with Crippen molar-refractivity contribution in [2.24, 2.45) is 0 Å². The molecule has 0 rings (SSSR count). The monoisotopic (exact) mass is 740 g/mol. The summed E-state index contributed by atoms with van der Waals surface area (Å²) in [6.07, 6.45) is -13.5. The molecular weight excluding hydrogens is 738 g/mol. The third kappa shape index (κ3) is 6.96. The quantitative estimate of drug-likeness (QED) is 0.148. The first-order valence-electron chi connectivity index (χ1n) is 8.17. The van der Waals surface area contributed by atoms with Gasteiger partial charge in [0.05, 0.1) is 6.43 Å². The van der Waals surface area contributed by atoms with Crippen LogP contribution in [-0.4, -0.2) is 82.9 Å². The van der Waals surface area contributed by atoms with Gasteiger partial charge in [-0.1, -0.05) is 0 Å². The summed E-state index contributed by atoms with van der Waals surface area (Å²) in [7, 11) is -4.67. The van der Waals surface area contributed by atoms with E-state index in [2.05, 4.69) is 0 Å². The second-order valence-electron chi connectivity index (χ2n) is 6.95. The van der Waals surface area contributed by atoms with E-state index in [1.54, 1.807) is 0 Å². The number of halogens is 25. The fourth-order valence-electron chi connectivity index (χ4n) is 1.87. The molecule has 0 bridgehead atoms. The first-order valence-corrected chi connectivity index (χ1v) is 9.57. The Labute approximate surface area is 239 Å². The van der Waals surface area contributed by atoms with Crippen molar-refractivity contribution >= 4 is 10.4 Å². The first kappa shape index (κ1) is 46.5. The average Bonchev–Trinajstić information content (AvgIpc) is 2.70. The molecule has 43 heavy (non-hydrogen) atoms. The normalized spacial score (nSPS) is 16.0. The number of rotatable bonds is 10. The molecule has 0 aromatic carbocycles. The minimum absolute atomic E-state index is 0. The fraction of sp³-hybridized carbons (Fsp3) is 0.917. The van der Waals surface area contributed by atoms with Gasteiger partial charge in [0.25, 0.3) is 5.92 Å². The molecule has 0 aliphatic rings. The molecule has 0 radical (unpaired) electrons. The van der Waals surface area contributed by atoms with E-state index < -0.39 is 82.2 Å². The zero-order valence-corrected chi connectivity index (χ0v) is 21.4. The van der Waals surface area contributed by atoms with Gasteiger partial charge in [-0.3, -0.25) is 9.11 Å². The Morgan fingerprint density at radius 1 is 0.372 bits per heavy atom. The van der Waals surface area contributed by atoms with Crippen LogP contribution in [0.2, 0.25) is 0 Å². The van der Waals surface area contributed by atoms with E-state index in [9.17, 15) is 110 Å². The molecule has 0 atom stereocenters. The minimum atomic E-state index is -9.55. The summed E-state index contributed by atoms with van der Waals surface area (Å²) in [5.41, 5.74) is 0. The fourth-order valence-corrected chi connectivity index (χ4v) is 1.87. The van der Waals surface area contributed by atoms with Crippen LogP contribution in [0.25, 0.3) is 0 Å². The van der Waals surface area contributed by atoms with Gasteiger partial charge in [-0.15, -0.1) is 0 Å². The van der Waals surface area contributed by atoms with Crippen LogP contribution in [0.4, 0.5) is 110 Å². The second-order valence-corrected chi connectivity index (χ2v) is 7.85. The zero-order chi connectivity index (χ0) is 35.6. The van der Waals surface area contributed by atoms with Gasteiger partial charge in [-0.25, -0.2) is 8.78 Å². The van der Waals surface area contributed by atoms with Crippen molar-refractivity contribution in [2.75, 3.05) is 0 Å². The predicted molar refractivity (Wildman–Crippen MR) is 75.2 cm³/mol.